The van der Waals surface area contributed by atoms with E-state index < -0.39 is 5.60 Å². The van der Waals surface area contributed by atoms with E-state index >= 15 is 0 Å². The molecule has 2 amide bonds. The highest BCUT2D eigenvalue weighted by Crippen LogP contribution is 2.19. The summed E-state index contributed by atoms with van der Waals surface area (Å²) in [6, 6.07) is 0. The molecule has 19 heavy (non-hydrogen) atoms. The number of hydrogen-bond donors (Lipinski definition) is 0. The van der Waals surface area contributed by atoms with Crippen LogP contribution in [-0.4, -0.2) is 54.1 Å². The predicted octanol–water partition coefficient (Wildman–Crippen LogP) is 2.11. The molecular formula is C14H26N2O3. The fourth-order valence-electron chi connectivity index (χ4n) is 2.13. The molecule has 1 fully saturated rings. The van der Waals surface area contributed by atoms with E-state index in [2.05, 4.69) is 0 Å². The minimum atomic E-state index is -0.479. The van der Waals surface area contributed by atoms with Crippen LogP contribution >= 0.6 is 0 Å². The Morgan fingerprint density at radius 1 is 1.47 bits per heavy atom. The van der Waals surface area contributed by atoms with E-state index in [9.17, 15) is 9.59 Å². The lowest BCUT2D eigenvalue weighted by atomic mass is 9.96. The molecular weight excluding hydrogens is 244 g/mol. The molecule has 1 aliphatic heterocycles. The van der Waals surface area contributed by atoms with Crippen LogP contribution in [0, 0.1) is 5.92 Å². The van der Waals surface area contributed by atoms with Gasteiger partial charge >= 0.3 is 6.09 Å². The summed E-state index contributed by atoms with van der Waals surface area (Å²) in [4.78, 5) is 27.1. The third-order valence-corrected chi connectivity index (χ3v) is 3.27. The maximum Gasteiger partial charge on any atom is 0.410 e. The molecule has 0 radical (unpaired) electrons. The van der Waals surface area contributed by atoms with Crippen molar-refractivity contribution in [2.45, 2.75) is 46.1 Å². The Morgan fingerprint density at radius 2 is 2.11 bits per heavy atom. The van der Waals surface area contributed by atoms with Crippen molar-refractivity contribution >= 4 is 12.0 Å². The Morgan fingerprint density at radius 3 is 2.58 bits per heavy atom. The van der Waals surface area contributed by atoms with Crippen molar-refractivity contribution in [3.05, 3.63) is 0 Å². The van der Waals surface area contributed by atoms with Gasteiger partial charge in [-0.2, -0.15) is 0 Å². The van der Waals surface area contributed by atoms with Crippen molar-refractivity contribution in [1.82, 2.24) is 9.80 Å². The summed E-state index contributed by atoms with van der Waals surface area (Å²) < 4.78 is 5.37. The summed E-state index contributed by atoms with van der Waals surface area (Å²) in [5.74, 6) is 0.410. The number of hydrogen-bond acceptors (Lipinski definition) is 3. The Kier molecular flexibility index (Phi) is 5.20. The minimum absolute atomic E-state index is 0.163. The van der Waals surface area contributed by atoms with Crippen molar-refractivity contribution in [3.63, 3.8) is 0 Å². The lowest BCUT2D eigenvalue weighted by Gasteiger charge is -2.33. The molecule has 1 rings (SSSR count). The van der Waals surface area contributed by atoms with Crippen LogP contribution in [0.4, 0.5) is 4.79 Å². The van der Waals surface area contributed by atoms with Crippen molar-refractivity contribution in [1.29, 1.82) is 0 Å². The Labute approximate surface area is 115 Å². The Balaban J connectivity index is 2.53. The van der Waals surface area contributed by atoms with Crippen LogP contribution in [0.2, 0.25) is 0 Å². The summed E-state index contributed by atoms with van der Waals surface area (Å²) in [5, 5.41) is 0. The van der Waals surface area contributed by atoms with Crippen LogP contribution in [0.3, 0.4) is 0 Å². The summed E-state index contributed by atoms with van der Waals surface area (Å²) in [6.07, 6.45) is 1.18. The standard InChI is InChI=1S/C14H26N2O3/c1-6-16(13(18)19-14(2,3)4)10-11-7-8-15(5)12(17)9-11/h11H,6-10H2,1-5H3. The topological polar surface area (TPSA) is 49.9 Å². The van der Waals surface area contributed by atoms with Crippen LogP contribution in [0.15, 0.2) is 0 Å². The van der Waals surface area contributed by atoms with Crippen molar-refractivity contribution in [2.24, 2.45) is 5.92 Å². The molecule has 0 aromatic heterocycles. The zero-order valence-corrected chi connectivity index (χ0v) is 12.7. The fraction of sp³-hybridized carbons (Fsp3) is 0.857. The van der Waals surface area contributed by atoms with Crippen molar-refractivity contribution in [3.8, 4) is 0 Å². The van der Waals surface area contributed by atoms with Gasteiger partial charge < -0.3 is 14.5 Å². The molecule has 0 spiro atoms. The molecule has 1 heterocycles. The predicted molar refractivity (Wildman–Crippen MR) is 73.8 cm³/mol. The first-order valence-corrected chi connectivity index (χ1v) is 6.95. The van der Waals surface area contributed by atoms with Gasteiger partial charge in [0.2, 0.25) is 5.91 Å². The zero-order chi connectivity index (χ0) is 14.6. The molecule has 0 aliphatic carbocycles. The highest BCUT2D eigenvalue weighted by molar-refractivity contribution is 5.77. The van der Waals surface area contributed by atoms with E-state index in [1.165, 1.54) is 0 Å². The van der Waals surface area contributed by atoms with Crippen LogP contribution in [0.25, 0.3) is 0 Å². The quantitative estimate of drug-likeness (QED) is 0.789. The Bertz CT molecular complexity index is 336. The van der Waals surface area contributed by atoms with Crippen molar-refractivity contribution in [2.75, 3.05) is 26.7 Å². The summed E-state index contributed by atoms with van der Waals surface area (Å²) in [5.41, 5.74) is -0.479. The van der Waals surface area contributed by atoms with Gasteiger partial charge in [-0.3, -0.25) is 4.79 Å². The van der Waals surface area contributed by atoms with E-state index in [1.54, 1.807) is 9.80 Å². The van der Waals surface area contributed by atoms with Gasteiger partial charge in [-0.1, -0.05) is 0 Å². The maximum absolute atomic E-state index is 12.0. The van der Waals surface area contributed by atoms with Gasteiger partial charge in [-0.15, -0.1) is 0 Å². The SMILES string of the molecule is CCN(CC1CCN(C)C(=O)C1)C(=O)OC(C)(C)C. The van der Waals surface area contributed by atoms with Gasteiger partial charge in [0.05, 0.1) is 0 Å². The number of carbonyl (C=O) groups excluding carboxylic acids is 2. The normalized spacial score (nSPS) is 20.4. The average Bonchev–Trinajstić information content (AvgIpc) is 2.28. The van der Waals surface area contributed by atoms with Gasteiger partial charge in [0.15, 0.2) is 0 Å². The lowest BCUT2D eigenvalue weighted by Crippen LogP contribution is -2.43. The monoisotopic (exact) mass is 270 g/mol. The van der Waals surface area contributed by atoms with Gasteiger partial charge in [0.1, 0.15) is 5.60 Å². The molecule has 1 atom stereocenters. The van der Waals surface area contributed by atoms with E-state index in [-0.39, 0.29) is 17.9 Å². The number of ether oxygens (including phenoxy) is 1. The molecule has 0 saturated carbocycles. The maximum atomic E-state index is 12.0. The minimum Gasteiger partial charge on any atom is -0.444 e. The summed E-state index contributed by atoms with van der Waals surface area (Å²) in [6.45, 7) is 9.49. The molecule has 1 aliphatic rings. The molecule has 0 aromatic carbocycles. The zero-order valence-electron chi connectivity index (χ0n) is 12.7. The largest absolute Gasteiger partial charge is 0.444 e. The molecule has 1 unspecified atom stereocenters. The second-order valence-electron chi connectivity index (χ2n) is 6.19. The molecule has 5 heteroatoms. The Hall–Kier alpha value is -1.26. The molecule has 0 aromatic rings. The first-order valence-electron chi connectivity index (χ1n) is 6.95. The second-order valence-corrected chi connectivity index (χ2v) is 6.19. The first-order chi connectivity index (χ1) is 8.73. The number of carbonyl (C=O) groups is 2. The van der Waals surface area contributed by atoms with E-state index in [0.717, 1.165) is 13.0 Å². The number of likely N-dealkylation sites (tertiary alicyclic amines) is 1. The smallest absolute Gasteiger partial charge is 0.410 e. The second kappa shape index (κ2) is 6.26. The van der Waals surface area contributed by atoms with Gasteiger partial charge in [-0.25, -0.2) is 4.79 Å². The number of amides is 2. The van der Waals surface area contributed by atoms with Gasteiger partial charge in [-0.05, 0) is 40.0 Å². The first kappa shape index (κ1) is 15.8. The van der Waals surface area contributed by atoms with Crippen LogP contribution in [0.5, 0.6) is 0 Å². The summed E-state index contributed by atoms with van der Waals surface area (Å²) >= 11 is 0. The van der Waals surface area contributed by atoms with E-state index in [4.69, 9.17) is 4.74 Å². The number of piperidine rings is 1. The lowest BCUT2D eigenvalue weighted by molar-refractivity contribution is -0.133. The molecule has 0 bridgehead atoms. The van der Waals surface area contributed by atoms with Crippen LogP contribution in [0.1, 0.15) is 40.5 Å². The third-order valence-electron chi connectivity index (χ3n) is 3.27. The van der Waals surface area contributed by atoms with Crippen LogP contribution < -0.4 is 0 Å². The molecule has 5 nitrogen and oxygen atoms in total. The molecule has 1 saturated heterocycles. The highest BCUT2D eigenvalue weighted by Gasteiger charge is 2.28. The fourth-order valence-corrected chi connectivity index (χ4v) is 2.13. The molecule has 0 N–H and O–H groups in total. The van der Waals surface area contributed by atoms with Crippen LogP contribution in [-0.2, 0) is 9.53 Å². The summed E-state index contributed by atoms with van der Waals surface area (Å²) in [7, 11) is 1.82. The third kappa shape index (κ3) is 5.09. The van der Waals surface area contributed by atoms with E-state index in [0.29, 0.717) is 19.5 Å². The van der Waals surface area contributed by atoms with Crippen molar-refractivity contribution < 1.29 is 14.3 Å². The van der Waals surface area contributed by atoms with Gasteiger partial charge in [0, 0.05) is 33.1 Å². The van der Waals surface area contributed by atoms with Gasteiger partial charge in [0.25, 0.3) is 0 Å². The van der Waals surface area contributed by atoms with E-state index in [1.807, 2.05) is 34.7 Å². The average molecular weight is 270 g/mol. The number of nitrogens with zero attached hydrogens (tertiary/aromatic N) is 2. The molecule has 110 valence electrons. The highest BCUT2D eigenvalue weighted by atomic mass is 16.6. The number of rotatable bonds is 3.